The van der Waals surface area contributed by atoms with Gasteiger partial charge in [0.2, 0.25) is 11.4 Å². The van der Waals surface area contributed by atoms with Gasteiger partial charge in [-0.2, -0.15) is 0 Å². The van der Waals surface area contributed by atoms with Crippen molar-refractivity contribution in [1.29, 1.82) is 0 Å². The van der Waals surface area contributed by atoms with E-state index in [0.717, 1.165) is 61.0 Å². The Hall–Kier alpha value is -2.48. The average molecular weight is 415 g/mol. The van der Waals surface area contributed by atoms with Gasteiger partial charge in [0, 0.05) is 22.8 Å². The van der Waals surface area contributed by atoms with Crippen molar-refractivity contribution in [1.82, 2.24) is 0 Å². The molecule has 164 valence electrons. The summed E-state index contributed by atoms with van der Waals surface area (Å²) in [5.41, 5.74) is 22.1. The topological polar surface area (TPSA) is 25.3 Å². The van der Waals surface area contributed by atoms with E-state index in [2.05, 4.69) is 77.1 Å². The van der Waals surface area contributed by atoms with E-state index in [-0.39, 0.29) is 0 Å². The van der Waals surface area contributed by atoms with E-state index in [1.807, 2.05) is 0 Å². The molecule has 0 unspecified atom stereocenters. The summed E-state index contributed by atoms with van der Waals surface area (Å²) in [6.45, 7) is 11.0. The van der Waals surface area contributed by atoms with Crippen LogP contribution in [0.2, 0.25) is 0 Å². The molecule has 0 spiro atoms. The molecular formula is C29H38N2. The van der Waals surface area contributed by atoms with Gasteiger partial charge in [0.25, 0.3) is 0 Å². The fourth-order valence-corrected chi connectivity index (χ4v) is 4.45. The molecule has 1 aliphatic rings. The quantitative estimate of drug-likeness (QED) is 0.276. The minimum absolute atomic E-state index is 0.909. The molecule has 0 saturated heterocycles. The second-order valence-corrected chi connectivity index (χ2v) is 8.66. The SMILES string of the molecule is CCCCCC1=C(c2cc(CC)cc(CC)c2)[N+](=[N-])C(c2cc(CC)cc(CC)c2)=C1. The predicted octanol–water partition coefficient (Wildman–Crippen LogP) is 8.32. The summed E-state index contributed by atoms with van der Waals surface area (Å²) in [5.74, 6) is 0. The lowest BCUT2D eigenvalue weighted by atomic mass is 9.97. The second-order valence-electron chi connectivity index (χ2n) is 8.66. The van der Waals surface area contributed by atoms with Crippen LogP contribution in [0, 0.1) is 0 Å². The predicted molar refractivity (Wildman–Crippen MR) is 133 cm³/mol. The summed E-state index contributed by atoms with van der Waals surface area (Å²) in [4.78, 5) is 0. The van der Waals surface area contributed by atoms with Crippen LogP contribution in [0.5, 0.6) is 0 Å². The van der Waals surface area contributed by atoms with Crippen LogP contribution in [0.1, 0.15) is 93.7 Å². The summed E-state index contributed by atoms with van der Waals surface area (Å²) in [5, 5.41) is 0. The van der Waals surface area contributed by atoms with Gasteiger partial charge in [0.05, 0.1) is 0 Å². The van der Waals surface area contributed by atoms with Gasteiger partial charge in [0.15, 0.2) is 0 Å². The molecule has 2 heteroatoms. The number of benzene rings is 2. The van der Waals surface area contributed by atoms with E-state index >= 15 is 0 Å². The lowest BCUT2D eigenvalue weighted by Crippen LogP contribution is -2.04. The van der Waals surface area contributed by atoms with Crippen LogP contribution in [0.25, 0.3) is 16.9 Å². The molecule has 31 heavy (non-hydrogen) atoms. The molecule has 0 saturated carbocycles. The fraction of sp³-hybridized carbons (Fsp3) is 0.448. The Kier molecular flexibility index (Phi) is 8.01. The summed E-state index contributed by atoms with van der Waals surface area (Å²) in [6, 6.07) is 13.6. The highest BCUT2D eigenvalue weighted by Crippen LogP contribution is 2.38. The molecule has 0 N–H and O–H groups in total. The molecule has 1 aliphatic heterocycles. The molecule has 0 amide bonds. The van der Waals surface area contributed by atoms with Crippen LogP contribution in [-0.2, 0) is 25.7 Å². The molecule has 0 aromatic heterocycles. The maximum absolute atomic E-state index is 11.4. The van der Waals surface area contributed by atoms with Crippen LogP contribution in [0.3, 0.4) is 0 Å². The Bertz CT molecular complexity index is 963. The zero-order valence-corrected chi connectivity index (χ0v) is 20.1. The summed E-state index contributed by atoms with van der Waals surface area (Å²) >= 11 is 0. The molecule has 0 bridgehead atoms. The van der Waals surface area contributed by atoms with Gasteiger partial charge >= 0.3 is 0 Å². The van der Waals surface area contributed by atoms with E-state index in [4.69, 9.17) is 0 Å². The number of hydrogen-bond donors (Lipinski definition) is 0. The zero-order valence-electron chi connectivity index (χ0n) is 20.1. The molecule has 2 aromatic carbocycles. The van der Waals surface area contributed by atoms with E-state index in [1.165, 1.54) is 45.4 Å². The number of hydrogen-bond acceptors (Lipinski definition) is 0. The first-order valence-electron chi connectivity index (χ1n) is 12.2. The molecule has 0 radical (unpaired) electrons. The van der Waals surface area contributed by atoms with E-state index in [9.17, 15) is 5.53 Å². The standard InChI is InChI=1S/C29H38N2/c1-6-11-12-13-25-20-28(26-16-21(7-2)14-22(8-3)17-26)31(30)29(25)27-18-23(9-4)15-24(10-5)19-27/h14-20H,6-13H2,1-5H3. The third-order valence-electron chi connectivity index (χ3n) is 6.41. The molecule has 3 rings (SSSR count). The lowest BCUT2D eigenvalue weighted by molar-refractivity contribution is -0.344. The van der Waals surface area contributed by atoms with Crippen LogP contribution in [0.15, 0.2) is 48.0 Å². The number of rotatable bonds is 10. The Morgan fingerprint density at radius 3 is 1.58 bits per heavy atom. The smallest absolute Gasteiger partial charge is 0.210 e. The Balaban J connectivity index is 2.09. The van der Waals surface area contributed by atoms with Crippen molar-refractivity contribution in [2.75, 3.05) is 0 Å². The molecule has 0 fully saturated rings. The van der Waals surface area contributed by atoms with Crippen molar-refractivity contribution in [3.8, 4) is 0 Å². The van der Waals surface area contributed by atoms with E-state index in [0.29, 0.717) is 0 Å². The van der Waals surface area contributed by atoms with Gasteiger partial charge in [-0.05, 0) is 85.0 Å². The zero-order chi connectivity index (χ0) is 22.4. The fourth-order valence-electron chi connectivity index (χ4n) is 4.45. The average Bonchev–Trinajstić information content (AvgIpc) is 3.14. The first kappa shape index (κ1) is 23.2. The Labute approximate surface area is 189 Å². The Morgan fingerprint density at radius 1 is 0.645 bits per heavy atom. The monoisotopic (exact) mass is 414 g/mol. The highest BCUT2D eigenvalue weighted by molar-refractivity contribution is 5.79. The molecule has 2 nitrogen and oxygen atoms in total. The lowest BCUT2D eigenvalue weighted by Gasteiger charge is -2.13. The number of nitrogens with zero attached hydrogens (tertiary/aromatic N) is 2. The first-order valence-corrected chi connectivity index (χ1v) is 12.2. The van der Waals surface area contributed by atoms with Gasteiger partial charge in [-0.3, -0.25) is 0 Å². The number of aryl methyl sites for hydroxylation is 4. The van der Waals surface area contributed by atoms with Gasteiger partial charge in [0.1, 0.15) is 0 Å². The van der Waals surface area contributed by atoms with Gasteiger partial charge in [-0.1, -0.05) is 59.6 Å². The largest absolute Gasteiger partial charge is 0.493 e. The highest BCUT2D eigenvalue weighted by Gasteiger charge is 2.29. The third-order valence-corrected chi connectivity index (χ3v) is 6.41. The third kappa shape index (κ3) is 5.23. The summed E-state index contributed by atoms with van der Waals surface area (Å²) < 4.78 is 1.46. The highest BCUT2D eigenvalue weighted by atomic mass is 15.2. The van der Waals surface area contributed by atoms with Crippen molar-refractivity contribution >= 4 is 11.4 Å². The summed E-state index contributed by atoms with van der Waals surface area (Å²) in [7, 11) is 0. The normalized spacial score (nSPS) is 13.8. The van der Waals surface area contributed by atoms with E-state index < -0.39 is 0 Å². The van der Waals surface area contributed by atoms with Gasteiger partial charge in [-0.25, -0.2) is 4.70 Å². The van der Waals surface area contributed by atoms with Crippen molar-refractivity contribution in [2.24, 2.45) is 0 Å². The minimum atomic E-state index is 0.909. The maximum Gasteiger partial charge on any atom is 0.210 e. The molecule has 1 heterocycles. The van der Waals surface area contributed by atoms with E-state index in [1.54, 1.807) is 0 Å². The van der Waals surface area contributed by atoms with Crippen molar-refractivity contribution in [3.05, 3.63) is 87.0 Å². The van der Waals surface area contributed by atoms with Crippen LogP contribution < -0.4 is 0 Å². The van der Waals surface area contributed by atoms with Crippen LogP contribution >= 0.6 is 0 Å². The first-order chi connectivity index (χ1) is 15.0. The van der Waals surface area contributed by atoms with Crippen molar-refractivity contribution in [3.63, 3.8) is 0 Å². The van der Waals surface area contributed by atoms with Gasteiger partial charge < -0.3 is 5.53 Å². The second kappa shape index (κ2) is 10.7. The molecular weight excluding hydrogens is 376 g/mol. The van der Waals surface area contributed by atoms with Crippen LogP contribution in [0.4, 0.5) is 0 Å². The minimum Gasteiger partial charge on any atom is -0.493 e. The number of unbranched alkanes of at least 4 members (excludes halogenated alkanes) is 2. The summed E-state index contributed by atoms with van der Waals surface area (Å²) in [6.07, 6.45) is 10.8. The molecule has 0 atom stereocenters. The van der Waals surface area contributed by atoms with Crippen molar-refractivity contribution < 1.29 is 4.70 Å². The molecule has 0 aliphatic carbocycles. The van der Waals surface area contributed by atoms with Crippen LogP contribution in [-0.4, -0.2) is 4.70 Å². The Morgan fingerprint density at radius 2 is 1.13 bits per heavy atom. The van der Waals surface area contributed by atoms with Crippen molar-refractivity contribution in [2.45, 2.75) is 86.0 Å². The maximum atomic E-state index is 11.4. The molecule has 2 aromatic rings. The number of allylic oxidation sites excluding steroid dienone is 2. The van der Waals surface area contributed by atoms with Gasteiger partial charge in [-0.15, -0.1) is 0 Å².